The first-order chi connectivity index (χ1) is 15.8. The van der Waals surface area contributed by atoms with Gasteiger partial charge in [-0.2, -0.15) is 13.2 Å². The fourth-order valence-electron chi connectivity index (χ4n) is 5.39. The van der Waals surface area contributed by atoms with Crippen LogP contribution in [0.2, 0.25) is 0 Å². The first-order valence-corrected chi connectivity index (χ1v) is 11.6. The SMILES string of the molecule is CN1CCN(C[C@H]2CC[C@@H]3[C@H](O2)c2cc(C(F)(F)F)ccc2N[C@H]3c2ccc(F)cc2)CC1. The van der Waals surface area contributed by atoms with Gasteiger partial charge in [0, 0.05) is 49.9 Å². The molecule has 8 heteroatoms. The van der Waals surface area contributed by atoms with Gasteiger partial charge in [0.2, 0.25) is 0 Å². The number of halogens is 4. The highest BCUT2D eigenvalue weighted by Gasteiger charge is 2.44. The maximum atomic E-state index is 13.5. The van der Waals surface area contributed by atoms with Crippen molar-refractivity contribution >= 4 is 5.69 Å². The van der Waals surface area contributed by atoms with Gasteiger partial charge in [-0.3, -0.25) is 4.90 Å². The lowest BCUT2D eigenvalue weighted by Gasteiger charge is -2.47. The Morgan fingerprint density at radius 1 is 1.00 bits per heavy atom. The minimum Gasteiger partial charge on any atom is -0.378 e. The first-order valence-electron chi connectivity index (χ1n) is 11.6. The van der Waals surface area contributed by atoms with E-state index in [0.717, 1.165) is 57.2 Å². The van der Waals surface area contributed by atoms with Gasteiger partial charge < -0.3 is 15.0 Å². The van der Waals surface area contributed by atoms with Crippen LogP contribution in [0.25, 0.3) is 0 Å². The Kier molecular flexibility index (Phi) is 6.09. The van der Waals surface area contributed by atoms with E-state index in [1.165, 1.54) is 24.3 Å². The molecule has 4 nitrogen and oxygen atoms in total. The number of likely N-dealkylation sites (N-methyl/N-ethyl adjacent to an activating group) is 1. The number of fused-ring (bicyclic) bond motifs is 3. The number of nitrogens with zero attached hydrogens (tertiary/aromatic N) is 2. The summed E-state index contributed by atoms with van der Waals surface area (Å²) in [4.78, 5) is 4.68. The fraction of sp³-hybridized carbons (Fsp3) is 0.520. The van der Waals surface area contributed by atoms with E-state index < -0.39 is 17.8 Å². The van der Waals surface area contributed by atoms with Crippen molar-refractivity contribution in [3.8, 4) is 0 Å². The zero-order valence-electron chi connectivity index (χ0n) is 18.6. The minimum atomic E-state index is -4.41. The van der Waals surface area contributed by atoms with Crippen LogP contribution >= 0.6 is 0 Å². The second kappa shape index (κ2) is 8.89. The Balaban J connectivity index is 1.44. The normalized spacial score (nSPS) is 28.6. The van der Waals surface area contributed by atoms with Crippen LogP contribution in [0.5, 0.6) is 0 Å². The van der Waals surface area contributed by atoms with Crippen LogP contribution in [0.15, 0.2) is 42.5 Å². The highest BCUT2D eigenvalue weighted by molar-refractivity contribution is 5.58. The van der Waals surface area contributed by atoms with Gasteiger partial charge in [-0.05, 0) is 55.8 Å². The van der Waals surface area contributed by atoms with Crippen molar-refractivity contribution in [2.75, 3.05) is 45.1 Å². The molecule has 0 unspecified atom stereocenters. The Morgan fingerprint density at radius 3 is 2.42 bits per heavy atom. The van der Waals surface area contributed by atoms with Crippen molar-refractivity contribution in [2.45, 2.75) is 37.3 Å². The van der Waals surface area contributed by atoms with E-state index in [9.17, 15) is 17.6 Å². The van der Waals surface area contributed by atoms with Gasteiger partial charge in [0.1, 0.15) is 5.82 Å². The largest absolute Gasteiger partial charge is 0.416 e. The summed E-state index contributed by atoms with van der Waals surface area (Å²) < 4.78 is 60.5. The molecule has 0 bridgehead atoms. The summed E-state index contributed by atoms with van der Waals surface area (Å²) >= 11 is 0. The van der Waals surface area contributed by atoms with Crippen LogP contribution in [-0.4, -0.2) is 55.7 Å². The topological polar surface area (TPSA) is 27.7 Å². The second-order valence-corrected chi connectivity index (χ2v) is 9.50. The van der Waals surface area contributed by atoms with Crippen LogP contribution in [0.3, 0.4) is 0 Å². The molecule has 0 aliphatic carbocycles. The number of hydrogen-bond donors (Lipinski definition) is 1. The average molecular weight is 464 g/mol. The fourth-order valence-corrected chi connectivity index (χ4v) is 5.39. The van der Waals surface area contributed by atoms with E-state index >= 15 is 0 Å². The number of ether oxygens (including phenoxy) is 1. The van der Waals surface area contributed by atoms with Crippen molar-refractivity contribution in [3.05, 3.63) is 65.0 Å². The number of anilines is 1. The monoisotopic (exact) mass is 463 g/mol. The third-order valence-electron chi connectivity index (χ3n) is 7.26. The van der Waals surface area contributed by atoms with Gasteiger partial charge in [-0.1, -0.05) is 12.1 Å². The van der Waals surface area contributed by atoms with Gasteiger partial charge in [0.25, 0.3) is 0 Å². The van der Waals surface area contributed by atoms with Gasteiger partial charge >= 0.3 is 6.18 Å². The maximum absolute atomic E-state index is 13.5. The summed E-state index contributed by atoms with van der Waals surface area (Å²) in [6, 6.07) is 10.0. The molecular formula is C25H29F4N3O. The molecule has 33 heavy (non-hydrogen) atoms. The van der Waals surface area contributed by atoms with Crippen molar-refractivity contribution < 1.29 is 22.3 Å². The number of alkyl halides is 3. The molecule has 2 fully saturated rings. The lowest BCUT2D eigenvalue weighted by molar-refractivity contribution is -0.138. The van der Waals surface area contributed by atoms with E-state index in [4.69, 9.17) is 4.74 Å². The molecule has 2 saturated heterocycles. The maximum Gasteiger partial charge on any atom is 0.416 e. The van der Waals surface area contributed by atoms with Crippen LogP contribution in [0, 0.1) is 11.7 Å². The molecule has 0 radical (unpaired) electrons. The molecule has 4 atom stereocenters. The van der Waals surface area contributed by atoms with Crippen molar-refractivity contribution in [2.24, 2.45) is 5.92 Å². The number of hydrogen-bond acceptors (Lipinski definition) is 4. The Morgan fingerprint density at radius 2 is 1.73 bits per heavy atom. The third kappa shape index (κ3) is 4.74. The molecule has 3 aliphatic heterocycles. The molecule has 2 aromatic carbocycles. The lowest BCUT2D eigenvalue weighted by atomic mass is 9.76. The van der Waals surface area contributed by atoms with Crippen molar-refractivity contribution in [1.82, 2.24) is 9.80 Å². The number of benzene rings is 2. The molecule has 5 rings (SSSR count). The average Bonchev–Trinajstić information content (AvgIpc) is 2.80. The zero-order valence-corrected chi connectivity index (χ0v) is 18.6. The summed E-state index contributed by atoms with van der Waals surface area (Å²) in [5.41, 5.74) is 1.47. The molecule has 178 valence electrons. The van der Waals surface area contributed by atoms with Gasteiger partial charge in [-0.15, -0.1) is 0 Å². The van der Waals surface area contributed by atoms with Crippen molar-refractivity contribution in [3.63, 3.8) is 0 Å². The summed E-state index contributed by atoms with van der Waals surface area (Å²) in [7, 11) is 2.11. The lowest BCUT2D eigenvalue weighted by Crippen LogP contribution is -2.49. The van der Waals surface area contributed by atoms with E-state index in [-0.39, 0.29) is 23.9 Å². The number of nitrogens with one attached hydrogen (secondary N) is 1. The highest BCUT2D eigenvalue weighted by atomic mass is 19.4. The second-order valence-electron chi connectivity index (χ2n) is 9.50. The first kappa shape index (κ1) is 22.6. The third-order valence-corrected chi connectivity index (χ3v) is 7.26. The summed E-state index contributed by atoms with van der Waals surface area (Å²) in [5.74, 6) is -0.344. The van der Waals surface area contributed by atoms with Crippen LogP contribution in [0.1, 0.15) is 41.7 Å². The van der Waals surface area contributed by atoms with Crippen LogP contribution < -0.4 is 5.32 Å². The van der Waals surface area contributed by atoms with Gasteiger partial charge in [0.15, 0.2) is 0 Å². The zero-order chi connectivity index (χ0) is 23.2. The van der Waals surface area contributed by atoms with Crippen LogP contribution in [0.4, 0.5) is 23.2 Å². The predicted octanol–water partition coefficient (Wildman–Crippen LogP) is 5.10. The molecule has 0 aromatic heterocycles. The van der Waals surface area contributed by atoms with E-state index in [1.54, 1.807) is 12.1 Å². The van der Waals surface area contributed by atoms with Crippen molar-refractivity contribution in [1.29, 1.82) is 0 Å². The molecule has 0 spiro atoms. The van der Waals surface area contributed by atoms with Crippen LogP contribution in [-0.2, 0) is 10.9 Å². The standard InChI is InChI=1S/C25H29F4N3O/c1-31-10-12-32(13-11-31)15-19-7-8-20-23(16-2-5-18(26)6-3-16)30-22-9-4-17(25(27,28)29)14-21(22)24(20)33-19/h2-6,9,14,19-20,23-24,30H,7-8,10-13,15H2,1H3/t19-,20+,23+,24+/m1/s1. The number of rotatable bonds is 3. The molecule has 3 aliphatic rings. The number of piperazine rings is 1. The Bertz CT molecular complexity index is 973. The minimum absolute atomic E-state index is 0.0241. The molecule has 3 heterocycles. The highest BCUT2D eigenvalue weighted by Crippen LogP contribution is 2.51. The molecule has 0 amide bonds. The summed E-state index contributed by atoms with van der Waals surface area (Å²) in [5, 5.41) is 3.43. The molecule has 2 aromatic rings. The van der Waals surface area contributed by atoms with E-state index in [0.29, 0.717) is 11.3 Å². The summed E-state index contributed by atoms with van der Waals surface area (Å²) in [6.45, 7) is 4.75. The Hall–Kier alpha value is -2.16. The molecule has 0 saturated carbocycles. The predicted molar refractivity (Wildman–Crippen MR) is 118 cm³/mol. The quantitative estimate of drug-likeness (QED) is 0.642. The van der Waals surface area contributed by atoms with Gasteiger partial charge in [-0.25, -0.2) is 4.39 Å². The molecule has 1 N–H and O–H groups in total. The van der Waals surface area contributed by atoms with E-state index in [1.807, 2.05) is 0 Å². The summed E-state index contributed by atoms with van der Waals surface area (Å²) in [6.07, 6.45) is -3.20. The Labute approximate surface area is 191 Å². The van der Waals surface area contributed by atoms with E-state index in [2.05, 4.69) is 22.2 Å². The smallest absolute Gasteiger partial charge is 0.378 e. The van der Waals surface area contributed by atoms with Gasteiger partial charge in [0.05, 0.1) is 23.8 Å². The molecular weight excluding hydrogens is 434 g/mol.